The van der Waals surface area contributed by atoms with E-state index in [-0.39, 0.29) is 0 Å². The van der Waals surface area contributed by atoms with Crippen LogP contribution in [0, 0.1) is 5.92 Å². The Kier molecular flexibility index (Phi) is 4.98. The molecule has 1 fully saturated rings. The SMILES string of the molecule is COC1=NC(C)(NC2CCC(C(C)(C)O)CC2)Nn2ccc(-c3cnc4nccn4c3)c21. The fraction of sp³-hybridized carbons (Fsp3) is 0.522. The molecule has 3 N–H and O–H groups in total. The smallest absolute Gasteiger partial charge is 0.239 e. The molecular weight excluding hydrogens is 406 g/mol. The summed E-state index contributed by atoms with van der Waals surface area (Å²) in [5, 5.41) is 14.0. The topological polar surface area (TPSA) is 101 Å². The molecule has 0 spiro atoms. The molecule has 9 nitrogen and oxygen atoms in total. The quantitative estimate of drug-likeness (QED) is 0.580. The molecule has 4 heterocycles. The fourth-order valence-electron chi connectivity index (χ4n) is 5.00. The highest BCUT2D eigenvalue weighted by atomic mass is 16.5. The number of aliphatic imine (C=N–C) groups is 1. The first-order valence-electron chi connectivity index (χ1n) is 11.2. The van der Waals surface area contributed by atoms with E-state index in [2.05, 4.69) is 20.7 Å². The Labute approximate surface area is 187 Å². The largest absolute Gasteiger partial charge is 0.480 e. The lowest BCUT2D eigenvalue weighted by Crippen LogP contribution is -2.58. The second kappa shape index (κ2) is 7.60. The van der Waals surface area contributed by atoms with Gasteiger partial charge in [-0.1, -0.05) is 0 Å². The molecule has 1 unspecified atom stereocenters. The predicted octanol–water partition coefficient (Wildman–Crippen LogP) is 2.74. The Morgan fingerprint density at radius 1 is 1.22 bits per heavy atom. The van der Waals surface area contributed by atoms with Crippen LogP contribution < -0.4 is 10.7 Å². The van der Waals surface area contributed by atoms with E-state index in [0.29, 0.717) is 23.6 Å². The van der Waals surface area contributed by atoms with E-state index in [1.54, 1.807) is 13.3 Å². The molecule has 0 radical (unpaired) electrons. The maximum Gasteiger partial charge on any atom is 0.239 e. The van der Waals surface area contributed by atoms with Gasteiger partial charge in [0.2, 0.25) is 11.7 Å². The number of methoxy groups -OCH3 is 1. The van der Waals surface area contributed by atoms with Crippen LogP contribution in [0.4, 0.5) is 0 Å². The molecule has 170 valence electrons. The zero-order chi connectivity index (χ0) is 22.5. The Morgan fingerprint density at radius 3 is 2.72 bits per heavy atom. The van der Waals surface area contributed by atoms with E-state index in [9.17, 15) is 5.11 Å². The molecule has 3 aromatic rings. The third-order valence-electron chi connectivity index (χ3n) is 6.71. The van der Waals surface area contributed by atoms with E-state index in [1.165, 1.54) is 0 Å². The zero-order valence-corrected chi connectivity index (χ0v) is 19.0. The Balaban J connectivity index is 1.38. The monoisotopic (exact) mass is 437 g/mol. The van der Waals surface area contributed by atoms with Gasteiger partial charge in [-0.15, -0.1) is 0 Å². The van der Waals surface area contributed by atoms with Crippen molar-refractivity contribution >= 4 is 11.7 Å². The predicted molar refractivity (Wildman–Crippen MR) is 123 cm³/mol. The van der Waals surface area contributed by atoms with Crippen LogP contribution in [0.3, 0.4) is 0 Å². The van der Waals surface area contributed by atoms with Gasteiger partial charge in [0.1, 0.15) is 5.69 Å². The van der Waals surface area contributed by atoms with Gasteiger partial charge in [0, 0.05) is 48.2 Å². The minimum Gasteiger partial charge on any atom is -0.480 e. The maximum absolute atomic E-state index is 10.3. The van der Waals surface area contributed by atoms with Crippen molar-refractivity contribution in [2.24, 2.45) is 10.9 Å². The maximum atomic E-state index is 10.3. The van der Waals surface area contributed by atoms with Gasteiger partial charge in [0.15, 0.2) is 5.79 Å². The molecule has 9 heteroatoms. The highest BCUT2D eigenvalue weighted by Crippen LogP contribution is 2.34. The van der Waals surface area contributed by atoms with Crippen LogP contribution >= 0.6 is 0 Å². The van der Waals surface area contributed by atoms with Crippen molar-refractivity contribution in [2.45, 2.75) is 63.9 Å². The molecule has 1 aliphatic heterocycles. The molecule has 32 heavy (non-hydrogen) atoms. The third-order valence-corrected chi connectivity index (χ3v) is 6.71. The van der Waals surface area contributed by atoms with Crippen molar-refractivity contribution in [1.29, 1.82) is 0 Å². The third kappa shape index (κ3) is 3.75. The standard InChI is InChI=1S/C23H31N7O2/c1-22(2,31)16-5-7-17(8-6-16)26-23(3)27-20(32-4)19-18(9-11-30(19)28-23)15-13-25-21-24-10-12-29(21)14-15/h9-14,16-17,26,28,31H,5-8H2,1-4H3. The van der Waals surface area contributed by atoms with Crippen LogP contribution in [0.2, 0.25) is 0 Å². The molecule has 1 saturated carbocycles. The Morgan fingerprint density at radius 2 is 2.00 bits per heavy atom. The van der Waals surface area contributed by atoms with Crippen molar-refractivity contribution in [3.63, 3.8) is 0 Å². The fourth-order valence-corrected chi connectivity index (χ4v) is 5.00. The van der Waals surface area contributed by atoms with E-state index in [1.807, 2.05) is 60.7 Å². The summed E-state index contributed by atoms with van der Waals surface area (Å²) in [6, 6.07) is 2.36. The van der Waals surface area contributed by atoms with Crippen molar-refractivity contribution < 1.29 is 9.84 Å². The minimum absolute atomic E-state index is 0.317. The molecule has 0 amide bonds. The van der Waals surface area contributed by atoms with Gasteiger partial charge in [0.05, 0.1) is 12.7 Å². The van der Waals surface area contributed by atoms with Crippen LogP contribution in [0.15, 0.2) is 42.0 Å². The summed E-state index contributed by atoms with van der Waals surface area (Å²) >= 11 is 0. The number of hydrogen-bond donors (Lipinski definition) is 3. The summed E-state index contributed by atoms with van der Waals surface area (Å²) in [5.74, 6) is 0.866. The minimum atomic E-state index is -0.701. The average Bonchev–Trinajstić information content (AvgIpc) is 3.38. The van der Waals surface area contributed by atoms with Crippen LogP contribution in [-0.4, -0.2) is 54.6 Å². The summed E-state index contributed by atoms with van der Waals surface area (Å²) in [6.45, 7) is 5.85. The number of nitrogens with zero attached hydrogens (tertiary/aromatic N) is 5. The van der Waals surface area contributed by atoms with Crippen LogP contribution in [0.25, 0.3) is 16.9 Å². The van der Waals surface area contributed by atoms with Gasteiger partial charge in [0.25, 0.3) is 0 Å². The normalized spacial score (nSPS) is 25.8. The lowest BCUT2D eigenvalue weighted by atomic mass is 9.77. The van der Waals surface area contributed by atoms with Crippen LogP contribution in [0.1, 0.15) is 52.1 Å². The van der Waals surface area contributed by atoms with E-state index in [0.717, 1.165) is 42.5 Å². The summed E-state index contributed by atoms with van der Waals surface area (Å²) in [7, 11) is 1.65. The number of hydrogen-bond acceptors (Lipinski definition) is 7. The first-order chi connectivity index (χ1) is 15.3. The molecule has 5 rings (SSSR count). The Bertz CT molecular complexity index is 1150. The molecular formula is C23H31N7O2. The summed E-state index contributed by atoms with van der Waals surface area (Å²) in [5.41, 5.74) is 5.67. The molecule has 2 aliphatic rings. The number of ether oxygens (including phenoxy) is 1. The number of aliphatic hydroxyl groups is 1. The number of nitrogens with one attached hydrogen (secondary N) is 2. The van der Waals surface area contributed by atoms with Gasteiger partial charge < -0.3 is 9.84 Å². The van der Waals surface area contributed by atoms with Gasteiger partial charge in [-0.3, -0.25) is 19.8 Å². The number of rotatable bonds is 4. The zero-order valence-electron chi connectivity index (χ0n) is 19.0. The molecule has 1 aliphatic carbocycles. The summed E-state index contributed by atoms with van der Waals surface area (Å²) in [6.07, 6.45) is 13.4. The van der Waals surface area contributed by atoms with E-state index >= 15 is 0 Å². The van der Waals surface area contributed by atoms with E-state index in [4.69, 9.17) is 9.73 Å². The van der Waals surface area contributed by atoms with Crippen LogP contribution in [-0.2, 0) is 4.74 Å². The molecule has 1 atom stereocenters. The molecule has 3 aromatic heterocycles. The first-order valence-corrected chi connectivity index (χ1v) is 11.2. The lowest BCUT2D eigenvalue weighted by Gasteiger charge is -2.41. The second-order valence-corrected chi connectivity index (χ2v) is 9.58. The van der Waals surface area contributed by atoms with Crippen molar-refractivity contribution in [3.8, 4) is 11.1 Å². The van der Waals surface area contributed by atoms with Gasteiger partial charge in [-0.2, -0.15) is 0 Å². The van der Waals surface area contributed by atoms with Crippen molar-refractivity contribution in [3.05, 3.63) is 42.7 Å². The van der Waals surface area contributed by atoms with Crippen LogP contribution in [0.5, 0.6) is 0 Å². The molecule has 0 saturated heterocycles. The lowest BCUT2D eigenvalue weighted by molar-refractivity contribution is -0.00409. The highest BCUT2D eigenvalue weighted by molar-refractivity contribution is 6.00. The summed E-state index contributed by atoms with van der Waals surface area (Å²) in [4.78, 5) is 13.6. The first kappa shape index (κ1) is 21.0. The Hall–Kier alpha value is -2.91. The van der Waals surface area contributed by atoms with E-state index < -0.39 is 11.4 Å². The van der Waals surface area contributed by atoms with Gasteiger partial charge >= 0.3 is 0 Å². The van der Waals surface area contributed by atoms with Gasteiger partial charge in [-0.05, 0) is 58.4 Å². The molecule has 0 bridgehead atoms. The van der Waals surface area contributed by atoms with Gasteiger partial charge in [-0.25, -0.2) is 15.0 Å². The summed E-state index contributed by atoms with van der Waals surface area (Å²) < 4.78 is 9.60. The molecule has 0 aromatic carbocycles. The number of fused-ring (bicyclic) bond motifs is 2. The number of imidazole rings is 1. The highest BCUT2D eigenvalue weighted by Gasteiger charge is 2.37. The number of aromatic nitrogens is 4. The van der Waals surface area contributed by atoms with Crippen molar-refractivity contribution in [1.82, 2.24) is 24.4 Å². The average molecular weight is 438 g/mol. The van der Waals surface area contributed by atoms with Crippen molar-refractivity contribution in [2.75, 3.05) is 12.5 Å². The second-order valence-electron chi connectivity index (χ2n) is 9.58.